The van der Waals surface area contributed by atoms with E-state index in [0.717, 1.165) is 5.76 Å². The highest BCUT2D eigenvalue weighted by atomic mass is 16.5. The van der Waals surface area contributed by atoms with Gasteiger partial charge in [-0.25, -0.2) is 0 Å². The Balaban J connectivity index is 2.50. The normalized spacial score (nSPS) is 13.4. The van der Waals surface area contributed by atoms with E-state index < -0.39 is 0 Å². The predicted molar refractivity (Wildman–Crippen MR) is 39.8 cm³/mol. The molecule has 1 unspecified atom stereocenters. The summed E-state index contributed by atoms with van der Waals surface area (Å²) in [5, 5.41) is 3.65. The van der Waals surface area contributed by atoms with Crippen molar-refractivity contribution in [2.24, 2.45) is 0 Å². The van der Waals surface area contributed by atoms with Gasteiger partial charge >= 0.3 is 0 Å². The van der Waals surface area contributed by atoms with Gasteiger partial charge in [0, 0.05) is 12.0 Å². The van der Waals surface area contributed by atoms with Gasteiger partial charge in [-0.15, -0.1) is 0 Å². The average molecular weight is 139 g/mol. The Labute approximate surface area is 61.2 Å². The molecule has 0 amide bonds. The van der Waals surface area contributed by atoms with E-state index in [1.807, 2.05) is 6.07 Å². The quantitative estimate of drug-likeness (QED) is 0.643. The van der Waals surface area contributed by atoms with Crippen molar-refractivity contribution < 1.29 is 4.52 Å². The summed E-state index contributed by atoms with van der Waals surface area (Å²) in [6, 6.07) is 1.93. The number of hydrogen-bond donors (Lipinski definition) is 0. The van der Waals surface area contributed by atoms with Gasteiger partial charge in [-0.2, -0.15) is 0 Å². The van der Waals surface area contributed by atoms with Crippen molar-refractivity contribution in [3.8, 4) is 0 Å². The van der Waals surface area contributed by atoms with E-state index in [2.05, 4.69) is 19.0 Å². The van der Waals surface area contributed by atoms with Crippen LogP contribution in [-0.2, 0) is 0 Å². The maximum Gasteiger partial charge on any atom is 0.139 e. The molecule has 1 heterocycles. The van der Waals surface area contributed by atoms with E-state index in [9.17, 15) is 0 Å². The summed E-state index contributed by atoms with van der Waals surface area (Å²) in [6.45, 7) is 4.33. The van der Waals surface area contributed by atoms with Crippen molar-refractivity contribution in [1.82, 2.24) is 5.16 Å². The summed E-state index contributed by atoms with van der Waals surface area (Å²) in [5.74, 6) is 1.52. The Hall–Kier alpha value is -0.790. The van der Waals surface area contributed by atoms with Gasteiger partial charge in [0.2, 0.25) is 0 Å². The van der Waals surface area contributed by atoms with Crippen LogP contribution in [0.1, 0.15) is 38.4 Å². The zero-order chi connectivity index (χ0) is 7.40. The summed E-state index contributed by atoms with van der Waals surface area (Å²) < 4.78 is 5.00. The molecule has 0 saturated carbocycles. The highest BCUT2D eigenvalue weighted by Gasteiger charge is 2.06. The van der Waals surface area contributed by atoms with Gasteiger partial charge < -0.3 is 4.52 Å². The van der Waals surface area contributed by atoms with Crippen molar-refractivity contribution in [1.29, 1.82) is 0 Å². The lowest BCUT2D eigenvalue weighted by molar-refractivity contribution is 0.359. The van der Waals surface area contributed by atoms with Crippen molar-refractivity contribution in [3.63, 3.8) is 0 Å². The lowest BCUT2D eigenvalue weighted by Gasteiger charge is -2.02. The molecule has 0 aromatic carbocycles. The molecule has 0 aliphatic rings. The van der Waals surface area contributed by atoms with Crippen LogP contribution in [0.25, 0.3) is 0 Å². The SMILES string of the molecule is CCCC(C)c1ccno1. The first kappa shape index (κ1) is 7.32. The molecule has 0 spiro atoms. The van der Waals surface area contributed by atoms with Crippen LogP contribution < -0.4 is 0 Å². The Morgan fingerprint density at radius 3 is 3.00 bits per heavy atom. The molecule has 0 aliphatic carbocycles. The van der Waals surface area contributed by atoms with Crippen LogP contribution in [0.4, 0.5) is 0 Å². The minimum Gasteiger partial charge on any atom is -0.361 e. The van der Waals surface area contributed by atoms with E-state index in [1.54, 1.807) is 6.20 Å². The van der Waals surface area contributed by atoms with Crippen LogP contribution in [0.2, 0.25) is 0 Å². The number of rotatable bonds is 3. The second-order valence-corrected chi connectivity index (χ2v) is 2.60. The van der Waals surface area contributed by atoms with Crippen molar-refractivity contribution >= 4 is 0 Å². The van der Waals surface area contributed by atoms with E-state index in [1.165, 1.54) is 12.8 Å². The van der Waals surface area contributed by atoms with Gasteiger partial charge in [0.1, 0.15) is 5.76 Å². The summed E-state index contributed by atoms with van der Waals surface area (Å²) in [7, 11) is 0. The Morgan fingerprint density at radius 2 is 2.50 bits per heavy atom. The van der Waals surface area contributed by atoms with Crippen LogP contribution in [0.5, 0.6) is 0 Å². The Morgan fingerprint density at radius 1 is 1.70 bits per heavy atom. The molecular formula is C8H13NO. The summed E-state index contributed by atoms with van der Waals surface area (Å²) >= 11 is 0. The zero-order valence-corrected chi connectivity index (χ0v) is 6.50. The molecule has 0 bridgehead atoms. The molecule has 10 heavy (non-hydrogen) atoms. The molecule has 1 aromatic rings. The maximum atomic E-state index is 5.00. The standard InChI is InChI=1S/C8H13NO/c1-3-4-7(2)8-5-6-9-10-8/h5-7H,3-4H2,1-2H3. The third-order valence-electron chi connectivity index (χ3n) is 1.67. The van der Waals surface area contributed by atoms with E-state index in [0.29, 0.717) is 5.92 Å². The van der Waals surface area contributed by atoms with Gasteiger partial charge in [0.05, 0.1) is 6.20 Å². The number of aromatic nitrogens is 1. The maximum absolute atomic E-state index is 5.00. The molecule has 1 atom stereocenters. The van der Waals surface area contributed by atoms with E-state index in [-0.39, 0.29) is 0 Å². The van der Waals surface area contributed by atoms with Crippen LogP contribution >= 0.6 is 0 Å². The Kier molecular flexibility index (Phi) is 2.49. The van der Waals surface area contributed by atoms with Crippen molar-refractivity contribution in [2.75, 3.05) is 0 Å². The first-order valence-corrected chi connectivity index (χ1v) is 3.75. The third kappa shape index (κ3) is 1.59. The van der Waals surface area contributed by atoms with Crippen LogP contribution in [-0.4, -0.2) is 5.16 Å². The predicted octanol–water partition coefficient (Wildman–Crippen LogP) is 2.58. The van der Waals surface area contributed by atoms with Gasteiger partial charge in [0.15, 0.2) is 0 Å². The monoisotopic (exact) mass is 139 g/mol. The molecular weight excluding hydrogens is 126 g/mol. The number of nitrogens with zero attached hydrogens (tertiary/aromatic N) is 1. The molecule has 2 heteroatoms. The molecule has 56 valence electrons. The topological polar surface area (TPSA) is 26.0 Å². The van der Waals surface area contributed by atoms with E-state index >= 15 is 0 Å². The van der Waals surface area contributed by atoms with Gasteiger partial charge in [-0.1, -0.05) is 25.4 Å². The highest BCUT2D eigenvalue weighted by molar-refractivity contribution is 4.99. The molecule has 0 N–H and O–H groups in total. The molecule has 2 nitrogen and oxygen atoms in total. The third-order valence-corrected chi connectivity index (χ3v) is 1.67. The first-order chi connectivity index (χ1) is 4.84. The fourth-order valence-electron chi connectivity index (χ4n) is 1.06. The lowest BCUT2D eigenvalue weighted by atomic mass is 10.0. The molecule has 0 radical (unpaired) electrons. The highest BCUT2D eigenvalue weighted by Crippen LogP contribution is 2.18. The molecule has 0 saturated heterocycles. The van der Waals surface area contributed by atoms with Gasteiger partial charge in [0.25, 0.3) is 0 Å². The molecule has 1 rings (SSSR count). The van der Waals surface area contributed by atoms with Crippen molar-refractivity contribution in [3.05, 3.63) is 18.0 Å². The van der Waals surface area contributed by atoms with Gasteiger partial charge in [-0.05, 0) is 6.42 Å². The minimum atomic E-state index is 0.521. The van der Waals surface area contributed by atoms with Crippen LogP contribution in [0.3, 0.4) is 0 Å². The lowest BCUT2D eigenvalue weighted by Crippen LogP contribution is -1.88. The minimum absolute atomic E-state index is 0.521. The smallest absolute Gasteiger partial charge is 0.139 e. The fourth-order valence-corrected chi connectivity index (χ4v) is 1.06. The summed E-state index contributed by atoms with van der Waals surface area (Å²) in [5.41, 5.74) is 0. The van der Waals surface area contributed by atoms with E-state index in [4.69, 9.17) is 4.52 Å². The molecule has 1 aromatic heterocycles. The Bertz CT molecular complexity index is 169. The summed E-state index contributed by atoms with van der Waals surface area (Å²) in [6.07, 6.45) is 4.07. The average Bonchev–Trinajstić information content (AvgIpc) is 2.38. The first-order valence-electron chi connectivity index (χ1n) is 3.75. The molecule has 0 aliphatic heterocycles. The van der Waals surface area contributed by atoms with Crippen LogP contribution in [0, 0.1) is 0 Å². The largest absolute Gasteiger partial charge is 0.361 e. The molecule has 0 fully saturated rings. The summed E-state index contributed by atoms with van der Waals surface area (Å²) in [4.78, 5) is 0. The fraction of sp³-hybridized carbons (Fsp3) is 0.625. The zero-order valence-electron chi connectivity index (χ0n) is 6.50. The second kappa shape index (κ2) is 3.40. The second-order valence-electron chi connectivity index (χ2n) is 2.60. The van der Waals surface area contributed by atoms with Gasteiger partial charge in [-0.3, -0.25) is 0 Å². The van der Waals surface area contributed by atoms with Crippen molar-refractivity contribution in [2.45, 2.75) is 32.6 Å². The van der Waals surface area contributed by atoms with Crippen LogP contribution in [0.15, 0.2) is 16.8 Å². The number of hydrogen-bond acceptors (Lipinski definition) is 2.